The summed E-state index contributed by atoms with van der Waals surface area (Å²) in [5, 5.41) is 4.68. The molecule has 0 aliphatic heterocycles. The Morgan fingerprint density at radius 2 is 1.95 bits per heavy atom. The SMILES string of the molecule is Cc1ncc(CNC(C)(C)C)n1Cc1cccc(Cl)c1Cl. The van der Waals surface area contributed by atoms with E-state index in [1.165, 1.54) is 0 Å². The van der Waals surface area contributed by atoms with Gasteiger partial charge < -0.3 is 9.88 Å². The van der Waals surface area contributed by atoms with Gasteiger partial charge >= 0.3 is 0 Å². The molecule has 2 rings (SSSR count). The topological polar surface area (TPSA) is 29.9 Å². The molecule has 0 saturated carbocycles. The second-order valence-corrected chi connectivity index (χ2v) is 6.98. The molecule has 0 atom stereocenters. The highest BCUT2D eigenvalue weighted by Gasteiger charge is 2.13. The largest absolute Gasteiger partial charge is 0.327 e. The molecule has 1 heterocycles. The molecule has 21 heavy (non-hydrogen) atoms. The third kappa shape index (κ3) is 4.22. The average molecular weight is 326 g/mol. The zero-order chi connectivity index (χ0) is 15.6. The van der Waals surface area contributed by atoms with Gasteiger partial charge in [0.05, 0.1) is 22.3 Å². The van der Waals surface area contributed by atoms with Crippen LogP contribution in [0.3, 0.4) is 0 Å². The quantitative estimate of drug-likeness (QED) is 0.900. The Morgan fingerprint density at radius 3 is 2.62 bits per heavy atom. The Labute approximate surface area is 136 Å². The van der Waals surface area contributed by atoms with E-state index in [4.69, 9.17) is 23.2 Å². The molecule has 114 valence electrons. The number of nitrogens with one attached hydrogen (secondary N) is 1. The van der Waals surface area contributed by atoms with Gasteiger partial charge in [-0.15, -0.1) is 0 Å². The van der Waals surface area contributed by atoms with Gasteiger partial charge in [0.1, 0.15) is 5.82 Å². The molecule has 0 bridgehead atoms. The summed E-state index contributed by atoms with van der Waals surface area (Å²) in [5.74, 6) is 0.969. The standard InChI is InChI=1S/C16H21Cl2N3/c1-11-19-8-13(9-20-16(2,3)4)21(11)10-12-6-5-7-14(17)15(12)18/h5-8,20H,9-10H2,1-4H3. The molecule has 0 radical (unpaired) electrons. The number of aryl methyl sites for hydroxylation is 1. The van der Waals surface area contributed by atoms with Crippen molar-refractivity contribution in [2.75, 3.05) is 0 Å². The second-order valence-electron chi connectivity index (χ2n) is 6.20. The monoisotopic (exact) mass is 325 g/mol. The van der Waals surface area contributed by atoms with Crippen molar-refractivity contribution in [3.63, 3.8) is 0 Å². The smallest absolute Gasteiger partial charge is 0.106 e. The summed E-state index contributed by atoms with van der Waals surface area (Å²) in [6.45, 7) is 9.88. The lowest BCUT2D eigenvalue weighted by Crippen LogP contribution is -2.35. The van der Waals surface area contributed by atoms with Crippen molar-refractivity contribution in [3.8, 4) is 0 Å². The van der Waals surface area contributed by atoms with Gasteiger partial charge in [0.2, 0.25) is 0 Å². The van der Waals surface area contributed by atoms with Gasteiger partial charge in [-0.3, -0.25) is 0 Å². The van der Waals surface area contributed by atoms with Gasteiger partial charge in [0, 0.05) is 18.3 Å². The van der Waals surface area contributed by atoms with E-state index < -0.39 is 0 Å². The number of benzene rings is 1. The van der Waals surface area contributed by atoms with E-state index in [2.05, 4.69) is 35.6 Å². The molecule has 1 N–H and O–H groups in total. The number of hydrogen-bond donors (Lipinski definition) is 1. The minimum Gasteiger partial charge on any atom is -0.327 e. The van der Waals surface area contributed by atoms with Crippen molar-refractivity contribution in [2.24, 2.45) is 0 Å². The summed E-state index contributed by atoms with van der Waals surface area (Å²) in [6.07, 6.45) is 1.91. The predicted octanol–water partition coefficient (Wildman–Crippen LogP) is 4.43. The minimum absolute atomic E-state index is 0.0662. The highest BCUT2D eigenvalue weighted by molar-refractivity contribution is 6.42. The van der Waals surface area contributed by atoms with E-state index in [9.17, 15) is 0 Å². The van der Waals surface area contributed by atoms with Crippen LogP contribution in [0.15, 0.2) is 24.4 Å². The van der Waals surface area contributed by atoms with E-state index in [0.717, 1.165) is 23.6 Å². The first-order valence-electron chi connectivity index (χ1n) is 6.97. The molecule has 2 aromatic rings. The number of aromatic nitrogens is 2. The van der Waals surface area contributed by atoms with Gasteiger partial charge in [-0.25, -0.2) is 4.98 Å². The van der Waals surface area contributed by atoms with E-state index in [0.29, 0.717) is 16.6 Å². The van der Waals surface area contributed by atoms with E-state index in [-0.39, 0.29) is 5.54 Å². The Bertz CT molecular complexity index is 627. The molecular formula is C16H21Cl2N3. The average Bonchev–Trinajstić information content (AvgIpc) is 2.73. The third-order valence-electron chi connectivity index (χ3n) is 3.30. The zero-order valence-corrected chi connectivity index (χ0v) is 14.4. The van der Waals surface area contributed by atoms with Crippen LogP contribution in [0.5, 0.6) is 0 Å². The molecule has 0 unspecified atom stereocenters. The fourth-order valence-corrected chi connectivity index (χ4v) is 2.45. The molecule has 0 saturated heterocycles. The van der Waals surface area contributed by atoms with E-state index in [1.807, 2.05) is 25.3 Å². The molecule has 1 aromatic carbocycles. The van der Waals surface area contributed by atoms with Crippen molar-refractivity contribution in [1.29, 1.82) is 0 Å². The summed E-state index contributed by atoms with van der Waals surface area (Å²) in [6, 6.07) is 5.72. The van der Waals surface area contributed by atoms with Crippen molar-refractivity contribution >= 4 is 23.2 Å². The summed E-state index contributed by atoms with van der Waals surface area (Å²) in [4.78, 5) is 4.41. The van der Waals surface area contributed by atoms with Crippen LogP contribution in [0.4, 0.5) is 0 Å². The summed E-state index contributed by atoms with van der Waals surface area (Å²) in [7, 11) is 0. The van der Waals surface area contributed by atoms with Crippen LogP contribution in [0.25, 0.3) is 0 Å². The molecule has 5 heteroatoms. The number of nitrogens with zero attached hydrogens (tertiary/aromatic N) is 2. The number of imidazole rings is 1. The summed E-state index contributed by atoms with van der Waals surface area (Å²) < 4.78 is 2.16. The van der Waals surface area contributed by atoms with Crippen LogP contribution >= 0.6 is 23.2 Å². The fourth-order valence-electron chi connectivity index (χ4n) is 2.07. The highest BCUT2D eigenvalue weighted by atomic mass is 35.5. The molecule has 1 aromatic heterocycles. The van der Waals surface area contributed by atoms with Crippen LogP contribution in [0, 0.1) is 6.92 Å². The number of hydrogen-bond acceptors (Lipinski definition) is 2. The molecule has 0 amide bonds. The third-order valence-corrected chi connectivity index (χ3v) is 4.16. The van der Waals surface area contributed by atoms with E-state index in [1.54, 1.807) is 6.07 Å². The minimum atomic E-state index is 0.0662. The van der Waals surface area contributed by atoms with Gasteiger partial charge in [-0.1, -0.05) is 35.3 Å². The van der Waals surface area contributed by atoms with Crippen LogP contribution in [-0.2, 0) is 13.1 Å². The molecule has 3 nitrogen and oxygen atoms in total. The maximum atomic E-state index is 6.28. The number of halogens is 2. The Kier molecular flexibility index (Phi) is 4.97. The van der Waals surface area contributed by atoms with Gasteiger partial charge in [0.15, 0.2) is 0 Å². The highest BCUT2D eigenvalue weighted by Crippen LogP contribution is 2.26. The summed E-state index contributed by atoms with van der Waals surface area (Å²) in [5.41, 5.74) is 2.21. The van der Waals surface area contributed by atoms with Crippen molar-refractivity contribution in [1.82, 2.24) is 14.9 Å². The van der Waals surface area contributed by atoms with Crippen LogP contribution in [0.1, 0.15) is 37.9 Å². The number of rotatable bonds is 4. The van der Waals surface area contributed by atoms with Gasteiger partial charge in [0.25, 0.3) is 0 Å². The summed E-state index contributed by atoms with van der Waals surface area (Å²) >= 11 is 12.4. The molecule has 0 aliphatic carbocycles. The second kappa shape index (κ2) is 6.39. The maximum absolute atomic E-state index is 6.28. The Morgan fingerprint density at radius 1 is 1.24 bits per heavy atom. The molecular weight excluding hydrogens is 305 g/mol. The first-order chi connectivity index (χ1) is 9.78. The molecule has 0 spiro atoms. The van der Waals surface area contributed by atoms with Crippen LogP contribution < -0.4 is 5.32 Å². The Hall–Kier alpha value is -1.03. The van der Waals surface area contributed by atoms with Crippen molar-refractivity contribution in [2.45, 2.75) is 46.3 Å². The lowest BCUT2D eigenvalue weighted by atomic mass is 10.1. The first-order valence-corrected chi connectivity index (χ1v) is 7.72. The van der Waals surface area contributed by atoms with Crippen molar-refractivity contribution < 1.29 is 0 Å². The lowest BCUT2D eigenvalue weighted by Gasteiger charge is -2.21. The van der Waals surface area contributed by atoms with E-state index >= 15 is 0 Å². The zero-order valence-electron chi connectivity index (χ0n) is 12.9. The normalized spacial score (nSPS) is 11.9. The molecule has 0 fully saturated rings. The van der Waals surface area contributed by atoms with Crippen molar-refractivity contribution in [3.05, 3.63) is 51.5 Å². The first kappa shape index (κ1) is 16.3. The molecule has 0 aliphatic rings. The Balaban J connectivity index is 2.24. The fraction of sp³-hybridized carbons (Fsp3) is 0.438. The lowest BCUT2D eigenvalue weighted by molar-refractivity contribution is 0.416. The van der Waals surface area contributed by atoms with Crippen LogP contribution in [0.2, 0.25) is 10.0 Å². The van der Waals surface area contributed by atoms with Crippen LogP contribution in [-0.4, -0.2) is 15.1 Å². The predicted molar refractivity (Wildman–Crippen MR) is 89.1 cm³/mol. The van der Waals surface area contributed by atoms with Gasteiger partial charge in [-0.05, 0) is 39.3 Å². The van der Waals surface area contributed by atoms with Gasteiger partial charge in [-0.2, -0.15) is 0 Å². The maximum Gasteiger partial charge on any atom is 0.106 e.